The zero-order valence-corrected chi connectivity index (χ0v) is 41.5. The molecule has 1 amide bonds. The summed E-state index contributed by atoms with van der Waals surface area (Å²) in [5.74, 6) is -0.180. The number of hydrogen-bond acceptors (Lipinski definition) is 8. The van der Waals surface area contributed by atoms with Gasteiger partial charge in [0, 0.05) is 6.42 Å². The van der Waals surface area contributed by atoms with E-state index >= 15 is 0 Å². The van der Waals surface area contributed by atoms with E-state index in [4.69, 9.17) is 9.47 Å². The third kappa shape index (κ3) is 35.4. The maximum Gasteiger partial charge on any atom is 0.220 e. The number of rotatable bonds is 44. The van der Waals surface area contributed by atoms with Gasteiger partial charge in [0.2, 0.25) is 5.91 Å². The van der Waals surface area contributed by atoms with Crippen LogP contribution in [0.1, 0.15) is 219 Å². The predicted molar refractivity (Wildman–Crippen MR) is 272 cm³/mol. The average molecular weight is 914 g/mol. The van der Waals surface area contributed by atoms with Crippen LogP contribution in [-0.2, 0) is 14.3 Å². The SMILES string of the molecule is CC/C=C\C/C=C\C/C=C\C/C=C\C/C=C\CCCCCCCCCCCCCCCCCC(=O)NC(COC1OC(CO)C(O)C(O)C1O)C(O)/C=C/CCCCCCCCCCC. The van der Waals surface area contributed by atoms with Crippen LogP contribution in [0.15, 0.2) is 72.9 Å². The van der Waals surface area contributed by atoms with Crippen LogP contribution in [0.4, 0.5) is 0 Å². The van der Waals surface area contributed by atoms with E-state index in [9.17, 15) is 30.3 Å². The highest BCUT2D eigenvalue weighted by atomic mass is 16.7. The van der Waals surface area contributed by atoms with Gasteiger partial charge in [-0.25, -0.2) is 0 Å². The smallest absolute Gasteiger partial charge is 0.220 e. The van der Waals surface area contributed by atoms with Gasteiger partial charge in [0.05, 0.1) is 25.4 Å². The molecule has 6 N–H and O–H groups in total. The van der Waals surface area contributed by atoms with Crippen LogP contribution < -0.4 is 5.32 Å². The van der Waals surface area contributed by atoms with E-state index in [1.54, 1.807) is 6.08 Å². The summed E-state index contributed by atoms with van der Waals surface area (Å²) in [7, 11) is 0. The van der Waals surface area contributed by atoms with Crippen molar-refractivity contribution in [2.24, 2.45) is 0 Å². The lowest BCUT2D eigenvalue weighted by Gasteiger charge is -2.40. The highest BCUT2D eigenvalue weighted by molar-refractivity contribution is 5.76. The molecular formula is C56H99NO8. The van der Waals surface area contributed by atoms with Crippen LogP contribution in [0.25, 0.3) is 0 Å². The number of carbonyl (C=O) groups excluding carboxylic acids is 1. The fourth-order valence-corrected chi connectivity index (χ4v) is 8.07. The predicted octanol–water partition coefficient (Wildman–Crippen LogP) is 12.5. The van der Waals surface area contributed by atoms with Crippen molar-refractivity contribution in [2.75, 3.05) is 13.2 Å². The third-order valence-corrected chi connectivity index (χ3v) is 12.3. The molecule has 0 aromatic heterocycles. The minimum absolute atomic E-state index is 0.180. The summed E-state index contributed by atoms with van der Waals surface area (Å²) < 4.78 is 11.2. The molecule has 0 aromatic carbocycles. The Morgan fingerprint density at radius 2 is 0.954 bits per heavy atom. The van der Waals surface area contributed by atoms with Crippen LogP contribution in [0, 0.1) is 0 Å². The van der Waals surface area contributed by atoms with Crippen LogP contribution in [0.5, 0.6) is 0 Å². The molecule has 0 radical (unpaired) electrons. The second-order valence-corrected chi connectivity index (χ2v) is 18.3. The lowest BCUT2D eigenvalue weighted by molar-refractivity contribution is -0.302. The molecular weight excluding hydrogens is 815 g/mol. The lowest BCUT2D eigenvalue weighted by Crippen LogP contribution is -2.60. The molecule has 1 aliphatic rings. The zero-order chi connectivity index (χ0) is 47.3. The fraction of sp³-hybridized carbons (Fsp3) is 0.768. The minimum atomic E-state index is -1.57. The van der Waals surface area contributed by atoms with E-state index in [-0.39, 0.29) is 12.5 Å². The van der Waals surface area contributed by atoms with Gasteiger partial charge in [-0.2, -0.15) is 0 Å². The first-order valence-electron chi connectivity index (χ1n) is 26.7. The summed E-state index contributed by atoms with van der Waals surface area (Å²) in [6.07, 6.45) is 55.4. The normalized spacial score (nSPS) is 20.5. The Bertz CT molecular complexity index is 1240. The number of carbonyl (C=O) groups is 1. The van der Waals surface area contributed by atoms with Gasteiger partial charge in [0.1, 0.15) is 24.4 Å². The molecule has 65 heavy (non-hydrogen) atoms. The summed E-state index contributed by atoms with van der Waals surface area (Å²) >= 11 is 0. The maximum absolute atomic E-state index is 13.0. The Kier molecular flexibility index (Phi) is 42.4. The fourth-order valence-electron chi connectivity index (χ4n) is 8.07. The second-order valence-electron chi connectivity index (χ2n) is 18.3. The Morgan fingerprint density at radius 3 is 1.42 bits per heavy atom. The molecule has 376 valence electrons. The van der Waals surface area contributed by atoms with Crippen LogP contribution in [-0.4, -0.2) is 87.5 Å². The van der Waals surface area contributed by atoms with Crippen LogP contribution in [0.2, 0.25) is 0 Å². The van der Waals surface area contributed by atoms with Crippen molar-refractivity contribution in [3.63, 3.8) is 0 Å². The molecule has 0 saturated carbocycles. The molecule has 1 heterocycles. The summed E-state index contributed by atoms with van der Waals surface area (Å²) in [6.45, 7) is 3.64. The molecule has 0 bridgehead atoms. The second kappa shape index (κ2) is 45.4. The molecule has 0 aliphatic carbocycles. The molecule has 1 aliphatic heterocycles. The summed E-state index contributed by atoms with van der Waals surface area (Å²) in [6, 6.07) is -0.806. The van der Waals surface area contributed by atoms with Gasteiger partial charge in [-0.05, 0) is 64.2 Å². The molecule has 9 nitrogen and oxygen atoms in total. The number of amides is 1. The number of allylic oxidation sites excluding steroid dienone is 11. The van der Waals surface area contributed by atoms with Crippen molar-refractivity contribution in [2.45, 2.75) is 262 Å². The molecule has 7 unspecified atom stereocenters. The quantitative estimate of drug-likeness (QED) is 0.0261. The minimum Gasteiger partial charge on any atom is -0.394 e. The van der Waals surface area contributed by atoms with E-state index in [0.29, 0.717) is 6.42 Å². The van der Waals surface area contributed by atoms with Crippen molar-refractivity contribution in [1.82, 2.24) is 5.32 Å². The van der Waals surface area contributed by atoms with Gasteiger partial charge in [-0.3, -0.25) is 4.79 Å². The average Bonchev–Trinajstić information content (AvgIpc) is 3.31. The van der Waals surface area contributed by atoms with E-state index < -0.39 is 49.5 Å². The van der Waals surface area contributed by atoms with Gasteiger partial charge >= 0.3 is 0 Å². The summed E-state index contributed by atoms with van der Waals surface area (Å²) in [5.41, 5.74) is 0. The van der Waals surface area contributed by atoms with E-state index in [1.807, 2.05) is 6.08 Å². The number of nitrogens with one attached hydrogen (secondary N) is 1. The zero-order valence-electron chi connectivity index (χ0n) is 41.5. The van der Waals surface area contributed by atoms with Gasteiger partial charge < -0.3 is 40.3 Å². The molecule has 1 fully saturated rings. The van der Waals surface area contributed by atoms with Crippen LogP contribution in [0.3, 0.4) is 0 Å². The first kappa shape index (κ1) is 60.6. The topological polar surface area (TPSA) is 149 Å². The Labute approximate surface area is 398 Å². The van der Waals surface area contributed by atoms with Crippen molar-refractivity contribution in [1.29, 1.82) is 0 Å². The highest BCUT2D eigenvalue weighted by Crippen LogP contribution is 2.23. The molecule has 7 atom stereocenters. The summed E-state index contributed by atoms with van der Waals surface area (Å²) in [5, 5.41) is 54.2. The summed E-state index contributed by atoms with van der Waals surface area (Å²) in [4.78, 5) is 13.0. The Morgan fingerprint density at radius 1 is 0.538 bits per heavy atom. The van der Waals surface area contributed by atoms with Crippen LogP contribution >= 0.6 is 0 Å². The third-order valence-electron chi connectivity index (χ3n) is 12.3. The molecule has 1 saturated heterocycles. The standard InChI is InChI=1S/C56H99NO8/c1-3-5-7-9-11-13-15-16-17-18-19-20-21-22-23-24-25-26-27-28-29-30-31-32-33-34-36-38-40-42-44-46-52(60)57-49(48-64-56-55(63)54(62)53(61)51(47-58)65-56)50(59)45-43-41-39-37-35-14-12-10-8-6-4-2/h5,7,11,13,16-17,19-20,22-23,43,45,49-51,53-56,58-59,61-63H,3-4,6,8-10,12,14-15,18,21,24-42,44,46-48H2,1-2H3,(H,57,60)/b7-5-,13-11-,17-16-,20-19-,23-22-,45-43+. The monoisotopic (exact) mass is 914 g/mol. The first-order chi connectivity index (χ1) is 31.8. The van der Waals surface area contributed by atoms with E-state index in [1.165, 1.54) is 128 Å². The molecule has 9 heteroatoms. The van der Waals surface area contributed by atoms with Crippen molar-refractivity contribution < 1.29 is 39.8 Å². The number of unbranched alkanes of at least 4 members (excludes halogenated alkanes) is 24. The van der Waals surface area contributed by atoms with Crippen molar-refractivity contribution >= 4 is 5.91 Å². The lowest BCUT2D eigenvalue weighted by atomic mass is 9.99. The van der Waals surface area contributed by atoms with E-state index in [0.717, 1.165) is 70.6 Å². The largest absolute Gasteiger partial charge is 0.394 e. The van der Waals surface area contributed by atoms with Gasteiger partial charge in [-0.15, -0.1) is 0 Å². The maximum atomic E-state index is 13.0. The van der Waals surface area contributed by atoms with Gasteiger partial charge in [0.25, 0.3) is 0 Å². The Hall–Kier alpha value is -2.37. The number of ether oxygens (including phenoxy) is 2. The highest BCUT2D eigenvalue weighted by Gasteiger charge is 2.44. The number of hydrogen-bond donors (Lipinski definition) is 6. The molecule has 0 aromatic rings. The Balaban J connectivity index is 2.15. The van der Waals surface area contributed by atoms with Gasteiger partial charge in [0.15, 0.2) is 6.29 Å². The van der Waals surface area contributed by atoms with E-state index in [2.05, 4.69) is 79.9 Å². The first-order valence-corrected chi connectivity index (χ1v) is 26.7. The van der Waals surface area contributed by atoms with Crippen molar-refractivity contribution in [3.8, 4) is 0 Å². The van der Waals surface area contributed by atoms with Crippen molar-refractivity contribution in [3.05, 3.63) is 72.9 Å². The van der Waals surface area contributed by atoms with Gasteiger partial charge in [-0.1, -0.05) is 222 Å². The molecule has 0 spiro atoms. The number of aliphatic hydroxyl groups excluding tert-OH is 5. The molecule has 1 rings (SSSR count). The number of aliphatic hydroxyl groups is 5.